The van der Waals surface area contributed by atoms with Gasteiger partial charge in [-0.2, -0.15) is 0 Å². The topological polar surface area (TPSA) is 56.7 Å². The van der Waals surface area contributed by atoms with Gasteiger partial charge in [0.05, 0.1) is 0 Å². The van der Waals surface area contributed by atoms with Crippen molar-refractivity contribution in [3.63, 3.8) is 0 Å². The Hall–Kier alpha value is -0.900. The molecule has 1 aliphatic carbocycles. The first-order chi connectivity index (χ1) is 6.61. The summed E-state index contributed by atoms with van der Waals surface area (Å²) in [5.74, 6) is 1.98. The molecule has 0 amide bonds. The zero-order valence-corrected chi connectivity index (χ0v) is 8.95. The SMILES string of the molecule is Cc1nnc(CC2(N)CCCC2)n1C. The van der Waals surface area contributed by atoms with Crippen LogP contribution in [-0.4, -0.2) is 20.3 Å². The molecule has 1 aromatic heterocycles. The van der Waals surface area contributed by atoms with Crippen LogP contribution in [0.5, 0.6) is 0 Å². The van der Waals surface area contributed by atoms with Gasteiger partial charge in [-0.15, -0.1) is 10.2 Å². The average Bonchev–Trinajstić information content (AvgIpc) is 2.68. The minimum atomic E-state index is -0.0206. The second-order valence-corrected chi connectivity index (χ2v) is 4.47. The van der Waals surface area contributed by atoms with Gasteiger partial charge in [0, 0.05) is 19.0 Å². The van der Waals surface area contributed by atoms with Gasteiger partial charge >= 0.3 is 0 Å². The summed E-state index contributed by atoms with van der Waals surface area (Å²) in [7, 11) is 2.00. The maximum absolute atomic E-state index is 6.29. The van der Waals surface area contributed by atoms with E-state index in [1.807, 2.05) is 18.5 Å². The van der Waals surface area contributed by atoms with Crippen molar-refractivity contribution in [3.8, 4) is 0 Å². The van der Waals surface area contributed by atoms with Gasteiger partial charge in [0.1, 0.15) is 11.6 Å². The third-order valence-corrected chi connectivity index (χ3v) is 3.29. The van der Waals surface area contributed by atoms with Crippen molar-refractivity contribution in [3.05, 3.63) is 11.6 Å². The number of aryl methyl sites for hydroxylation is 1. The van der Waals surface area contributed by atoms with E-state index in [-0.39, 0.29) is 5.54 Å². The van der Waals surface area contributed by atoms with Gasteiger partial charge < -0.3 is 10.3 Å². The van der Waals surface area contributed by atoms with Gasteiger partial charge in [0.2, 0.25) is 0 Å². The molecule has 0 bridgehead atoms. The van der Waals surface area contributed by atoms with Gasteiger partial charge in [0.15, 0.2) is 0 Å². The lowest BCUT2D eigenvalue weighted by atomic mass is 9.94. The molecule has 1 aromatic rings. The predicted octanol–water partition coefficient (Wildman–Crippen LogP) is 0.938. The lowest BCUT2D eigenvalue weighted by Gasteiger charge is -2.22. The van der Waals surface area contributed by atoms with Gasteiger partial charge in [0.25, 0.3) is 0 Å². The van der Waals surface area contributed by atoms with E-state index in [4.69, 9.17) is 5.73 Å². The molecule has 0 aliphatic heterocycles. The summed E-state index contributed by atoms with van der Waals surface area (Å²) in [5.41, 5.74) is 6.27. The molecule has 1 aliphatic rings. The van der Waals surface area contributed by atoms with E-state index in [1.54, 1.807) is 0 Å². The van der Waals surface area contributed by atoms with Crippen molar-refractivity contribution < 1.29 is 0 Å². The van der Waals surface area contributed by atoms with Crippen molar-refractivity contribution >= 4 is 0 Å². The van der Waals surface area contributed by atoms with Crippen LogP contribution in [0.1, 0.15) is 37.3 Å². The van der Waals surface area contributed by atoms with Crippen LogP contribution in [0.4, 0.5) is 0 Å². The highest BCUT2D eigenvalue weighted by molar-refractivity contribution is 5.02. The smallest absolute Gasteiger partial charge is 0.134 e. The highest BCUT2D eigenvalue weighted by Crippen LogP contribution is 2.29. The minimum Gasteiger partial charge on any atom is -0.325 e. The summed E-state index contributed by atoms with van der Waals surface area (Å²) in [4.78, 5) is 0. The quantitative estimate of drug-likeness (QED) is 0.762. The van der Waals surface area contributed by atoms with Crippen LogP contribution in [0.2, 0.25) is 0 Å². The summed E-state index contributed by atoms with van der Waals surface area (Å²) in [6.07, 6.45) is 5.63. The zero-order chi connectivity index (χ0) is 10.2. The lowest BCUT2D eigenvalue weighted by Crippen LogP contribution is -2.39. The van der Waals surface area contributed by atoms with Crippen LogP contribution >= 0.6 is 0 Å². The molecule has 2 rings (SSSR count). The molecule has 14 heavy (non-hydrogen) atoms. The number of hydrogen-bond acceptors (Lipinski definition) is 3. The van der Waals surface area contributed by atoms with E-state index in [2.05, 4.69) is 10.2 Å². The van der Waals surface area contributed by atoms with E-state index < -0.39 is 0 Å². The highest BCUT2D eigenvalue weighted by Gasteiger charge is 2.31. The molecule has 1 fully saturated rings. The van der Waals surface area contributed by atoms with Crippen molar-refractivity contribution in [2.45, 2.75) is 44.6 Å². The summed E-state index contributed by atoms with van der Waals surface area (Å²) < 4.78 is 2.03. The first-order valence-corrected chi connectivity index (χ1v) is 5.24. The summed E-state index contributed by atoms with van der Waals surface area (Å²) in [6.45, 7) is 1.97. The highest BCUT2D eigenvalue weighted by atomic mass is 15.3. The molecule has 4 heteroatoms. The first-order valence-electron chi connectivity index (χ1n) is 5.24. The average molecular weight is 194 g/mol. The van der Waals surface area contributed by atoms with Crippen molar-refractivity contribution in [1.29, 1.82) is 0 Å². The largest absolute Gasteiger partial charge is 0.325 e. The fourth-order valence-corrected chi connectivity index (χ4v) is 2.18. The Morgan fingerprint density at radius 1 is 1.36 bits per heavy atom. The Bertz CT molecular complexity index is 323. The molecule has 1 heterocycles. The number of nitrogens with zero attached hydrogens (tertiary/aromatic N) is 3. The lowest BCUT2D eigenvalue weighted by molar-refractivity contribution is 0.420. The molecule has 2 N–H and O–H groups in total. The van der Waals surface area contributed by atoms with Crippen LogP contribution in [0, 0.1) is 6.92 Å². The van der Waals surface area contributed by atoms with Gasteiger partial charge in [-0.25, -0.2) is 0 Å². The molecule has 0 unspecified atom stereocenters. The standard InChI is InChI=1S/C10H18N4/c1-8-12-13-9(14(8)2)7-10(11)5-3-4-6-10/h3-7,11H2,1-2H3. The van der Waals surface area contributed by atoms with Crippen molar-refractivity contribution in [2.75, 3.05) is 0 Å². The van der Waals surface area contributed by atoms with Crippen LogP contribution < -0.4 is 5.73 Å². The second kappa shape index (κ2) is 3.35. The summed E-state index contributed by atoms with van der Waals surface area (Å²) in [6, 6.07) is 0. The van der Waals surface area contributed by atoms with Crippen LogP contribution in [0.25, 0.3) is 0 Å². The number of hydrogen-bond donors (Lipinski definition) is 1. The molecule has 78 valence electrons. The molecule has 0 saturated heterocycles. The molecule has 0 spiro atoms. The third-order valence-electron chi connectivity index (χ3n) is 3.29. The minimum absolute atomic E-state index is 0.0206. The Kier molecular flexibility index (Phi) is 2.31. The first kappa shape index (κ1) is 9.65. The molecule has 0 atom stereocenters. The van der Waals surface area contributed by atoms with Crippen LogP contribution in [-0.2, 0) is 13.5 Å². The molecule has 0 aromatic carbocycles. The van der Waals surface area contributed by atoms with E-state index in [1.165, 1.54) is 12.8 Å². The summed E-state index contributed by atoms with van der Waals surface area (Å²) in [5, 5.41) is 8.20. The summed E-state index contributed by atoms with van der Waals surface area (Å²) >= 11 is 0. The van der Waals surface area contributed by atoms with E-state index in [9.17, 15) is 0 Å². The van der Waals surface area contributed by atoms with E-state index in [0.29, 0.717) is 0 Å². The predicted molar refractivity (Wildman–Crippen MR) is 54.8 cm³/mol. The fourth-order valence-electron chi connectivity index (χ4n) is 2.18. The van der Waals surface area contributed by atoms with Gasteiger partial charge in [-0.05, 0) is 19.8 Å². The molecule has 0 radical (unpaired) electrons. The number of aromatic nitrogens is 3. The maximum Gasteiger partial charge on any atom is 0.134 e. The second-order valence-electron chi connectivity index (χ2n) is 4.47. The zero-order valence-electron chi connectivity index (χ0n) is 8.95. The molecule has 1 saturated carbocycles. The Morgan fingerprint density at radius 3 is 2.50 bits per heavy atom. The van der Waals surface area contributed by atoms with E-state index >= 15 is 0 Å². The molecular weight excluding hydrogens is 176 g/mol. The van der Waals surface area contributed by atoms with Crippen molar-refractivity contribution in [2.24, 2.45) is 12.8 Å². The maximum atomic E-state index is 6.29. The van der Waals surface area contributed by atoms with Gasteiger partial charge in [-0.1, -0.05) is 12.8 Å². The van der Waals surface area contributed by atoms with Crippen LogP contribution in [0.15, 0.2) is 0 Å². The number of nitrogens with two attached hydrogens (primary N) is 1. The third kappa shape index (κ3) is 1.66. The monoisotopic (exact) mass is 194 g/mol. The number of rotatable bonds is 2. The normalized spacial score (nSPS) is 20.2. The molecular formula is C10H18N4. The van der Waals surface area contributed by atoms with Crippen molar-refractivity contribution in [1.82, 2.24) is 14.8 Å². The van der Waals surface area contributed by atoms with Crippen LogP contribution in [0.3, 0.4) is 0 Å². The van der Waals surface area contributed by atoms with Gasteiger partial charge in [-0.3, -0.25) is 0 Å². The Morgan fingerprint density at radius 2 is 2.00 bits per heavy atom. The Balaban J connectivity index is 2.14. The Labute approximate surface area is 84.5 Å². The molecule has 4 nitrogen and oxygen atoms in total. The van der Waals surface area contributed by atoms with E-state index in [0.717, 1.165) is 30.9 Å². The fraction of sp³-hybridized carbons (Fsp3) is 0.800.